The van der Waals surface area contributed by atoms with Gasteiger partial charge in [-0.1, -0.05) is 18.3 Å². The normalized spacial score (nSPS) is 10.6. The summed E-state index contributed by atoms with van der Waals surface area (Å²) in [6.07, 6.45) is 1.93. The molecule has 18 heavy (non-hydrogen) atoms. The number of hydrogen-bond acceptors (Lipinski definition) is 7. The van der Waals surface area contributed by atoms with Crippen molar-refractivity contribution in [3.8, 4) is 0 Å². The molecule has 0 bridgehead atoms. The molecule has 0 unspecified atom stereocenters. The smallest absolute Gasteiger partial charge is 0.180 e. The fourth-order valence-electron chi connectivity index (χ4n) is 1.43. The summed E-state index contributed by atoms with van der Waals surface area (Å²) in [4.78, 5) is 9.00. The highest BCUT2D eigenvalue weighted by atomic mass is 32.2. The molecule has 2 aromatic heterocycles. The van der Waals surface area contributed by atoms with Gasteiger partial charge in [-0.25, -0.2) is 9.97 Å². The number of nitrogens with one attached hydrogen (secondary N) is 1. The minimum absolute atomic E-state index is 0.853. The van der Waals surface area contributed by atoms with Crippen LogP contribution in [0.15, 0.2) is 20.9 Å². The lowest BCUT2D eigenvalue weighted by Crippen LogP contribution is -2.04. The van der Waals surface area contributed by atoms with Gasteiger partial charge < -0.3 is 5.32 Å². The maximum absolute atomic E-state index is 4.53. The molecule has 0 aliphatic rings. The standard InChI is InChI=1S/C11H15N5S2/c1-3-5-8-14-9(12-4-2)6-10(15-8)18-11-16-13-7-17-11/h6-7H,3-5H2,1-2H3,(H,12,14,15). The zero-order valence-corrected chi connectivity index (χ0v) is 12.0. The van der Waals surface area contributed by atoms with E-state index in [0.717, 1.165) is 40.4 Å². The summed E-state index contributed by atoms with van der Waals surface area (Å²) in [6, 6.07) is 1.95. The van der Waals surface area contributed by atoms with Crippen molar-refractivity contribution in [3.05, 3.63) is 17.4 Å². The van der Waals surface area contributed by atoms with Crippen LogP contribution in [0.1, 0.15) is 26.1 Å². The van der Waals surface area contributed by atoms with E-state index in [0.29, 0.717) is 0 Å². The zero-order chi connectivity index (χ0) is 12.8. The van der Waals surface area contributed by atoms with Gasteiger partial charge in [0, 0.05) is 19.0 Å². The van der Waals surface area contributed by atoms with Crippen LogP contribution >= 0.6 is 23.1 Å². The third-order valence-electron chi connectivity index (χ3n) is 2.11. The van der Waals surface area contributed by atoms with Gasteiger partial charge in [-0.05, 0) is 25.1 Å². The topological polar surface area (TPSA) is 63.6 Å². The van der Waals surface area contributed by atoms with Crippen molar-refractivity contribution in [2.45, 2.75) is 36.1 Å². The van der Waals surface area contributed by atoms with Gasteiger partial charge in [0.25, 0.3) is 0 Å². The molecule has 0 saturated heterocycles. The van der Waals surface area contributed by atoms with Crippen LogP contribution in [0.25, 0.3) is 0 Å². The first kappa shape index (κ1) is 13.2. The van der Waals surface area contributed by atoms with E-state index >= 15 is 0 Å². The Morgan fingerprint density at radius 2 is 2.22 bits per heavy atom. The molecule has 1 N–H and O–H groups in total. The third kappa shape index (κ3) is 3.64. The predicted octanol–water partition coefficient (Wildman–Crippen LogP) is 2.86. The van der Waals surface area contributed by atoms with E-state index in [1.807, 2.05) is 6.07 Å². The molecular formula is C11H15N5S2. The second kappa shape index (κ2) is 6.65. The van der Waals surface area contributed by atoms with Crippen LogP contribution < -0.4 is 5.32 Å². The van der Waals surface area contributed by atoms with Crippen molar-refractivity contribution < 1.29 is 0 Å². The molecule has 2 aromatic rings. The van der Waals surface area contributed by atoms with Gasteiger partial charge in [-0.15, -0.1) is 10.2 Å². The Labute approximate surface area is 114 Å². The van der Waals surface area contributed by atoms with Gasteiger partial charge in [0.05, 0.1) is 0 Å². The third-order valence-corrected chi connectivity index (χ3v) is 3.81. The first-order valence-electron chi connectivity index (χ1n) is 5.87. The molecule has 2 rings (SSSR count). The minimum Gasteiger partial charge on any atom is -0.370 e. The molecule has 0 aliphatic carbocycles. The Balaban J connectivity index is 2.21. The van der Waals surface area contributed by atoms with Crippen LogP contribution in [0.2, 0.25) is 0 Å². The van der Waals surface area contributed by atoms with Gasteiger partial charge in [0.15, 0.2) is 4.34 Å². The van der Waals surface area contributed by atoms with E-state index in [1.54, 1.807) is 5.51 Å². The second-order valence-electron chi connectivity index (χ2n) is 3.59. The molecule has 0 radical (unpaired) electrons. The van der Waals surface area contributed by atoms with E-state index in [2.05, 4.69) is 39.3 Å². The van der Waals surface area contributed by atoms with Crippen molar-refractivity contribution >= 4 is 28.9 Å². The molecule has 0 amide bonds. The first-order valence-corrected chi connectivity index (χ1v) is 7.57. The average molecular weight is 281 g/mol. The Hall–Kier alpha value is -1.21. The maximum Gasteiger partial charge on any atom is 0.180 e. The summed E-state index contributed by atoms with van der Waals surface area (Å²) in [5, 5.41) is 12.0. The van der Waals surface area contributed by atoms with Crippen LogP contribution in [0.4, 0.5) is 5.82 Å². The average Bonchev–Trinajstić information content (AvgIpc) is 2.82. The number of nitrogens with zero attached hydrogens (tertiary/aromatic N) is 4. The fraction of sp³-hybridized carbons (Fsp3) is 0.455. The lowest BCUT2D eigenvalue weighted by Gasteiger charge is -2.07. The number of rotatable bonds is 6. The maximum atomic E-state index is 4.53. The molecule has 0 atom stereocenters. The summed E-state index contributed by atoms with van der Waals surface area (Å²) in [7, 11) is 0. The lowest BCUT2D eigenvalue weighted by atomic mass is 10.3. The monoisotopic (exact) mass is 281 g/mol. The van der Waals surface area contributed by atoms with Crippen LogP contribution in [0.5, 0.6) is 0 Å². The summed E-state index contributed by atoms with van der Waals surface area (Å²) < 4.78 is 0.901. The molecule has 0 aliphatic heterocycles. The van der Waals surface area contributed by atoms with E-state index in [1.165, 1.54) is 23.1 Å². The lowest BCUT2D eigenvalue weighted by molar-refractivity contribution is 0.809. The zero-order valence-electron chi connectivity index (χ0n) is 10.4. The summed E-state index contributed by atoms with van der Waals surface area (Å²) in [5.41, 5.74) is 1.72. The summed E-state index contributed by atoms with van der Waals surface area (Å²) >= 11 is 3.04. The van der Waals surface area contributed by atoms with E-state index < -0.39 is 0 Å². The van der Waals surface area contributed by atoms with Crippen molar-refractivity contribution in [1.29, 1.82) is 0 Å². The molecule has 0 fully saturated rings. The van der Waals surface area contributed by atoms with Gasteiger partial charge in [0.2, 0.25) is 0 Å². The summed E-state index contributed by atoms with van der Waals surface area (Å²) in [5.74, 6) is 1.76. The Kier molecular flexibility index (Phi) is 4.89. The highest BCUT2D eigenvalue weighted by molar-refractivity contribution is 8.00. The minimum atomic E-state index is 0.853. The predicted molar refractivity (Wildman–Crippen MR) is 74.2 cm³/mol. The number of aryl methyl sites for hydroxylation is 1. The number of hydrogen-bond donors (Lipinski definition) is 1. The van der Waals surface area contributed by atoms with Crippen LogP contribution in [-0.2, 0) is 6.42 Å². The van der Waals surface area contributed by atoms with Gasteiger partial charge in [-0.3, -0.25) is 0 Å². The van der Waals surface area contributed by atoms with E-state index in [9.17, 15) is 0 Å². The van der Waals surface area contributed by atoms with Crippen molar-refractivity contribution in [2.24, 2.45) is 0 Å². The van der Waals surface area contributed by atoms with E-state index in [-0.39, 0.29) is 0 Å². The Morgan fingerprint density at radius 3 is 2.89 bits per heavy atom. The van der Waals surface area contributed by atoms with Crippen molar-refractivity contribution in [2.75, 3.05) is 11.9 Å². The molecule has 0 aromatic carbocycles. The fourth-order valence-corrected chi connectivity index (χ4v) is 2.87. The Bertz CT molecular complexity index is 462. The molecule has 96 valence electrons. The first-order chi connectivity index (χ1) is 8.81. The molecule has 5 nitrogen and oxygen atoms in total. The second-order valence-corrected chi connectivity index (χ2v) is 5.70. The molecule has 7 heteroatoms. The highest BCUT2D eigenvalue weighted by Gasteiger charge is 2.07. The SMILES string of the molecule is CCCc1nc(NCC)cc(Sc2nncs2)n1. The molecular weight excluding hydrogens is 266 g/mol. The largest absolute Gasteiger partial charge is 0.370 e. The van der Waals surface area contributed by atoms with Gasteiger partial charge >= 0.3 is 0 Å². The van der Waals surface area contributed by atoms with Crippen molar-refractivity contribution in [3.63, 3.8) is 0 Å². The van der Waals surface area contributed by atoms with Gasteiger partial charge in [0.1, 0.15) is 22.2 Å². The Morgan fingerprint density at radius 1 is 1.33 bits per heavy atom. The molecule has 0 spiro atoms. The quantitative estimate of drug-likeness (QED) is 0.821. The van der Waals surface area contributed by atoms with E-state index in [4.69, 9.17) is 0 Å². The number of anilines is 1. The van der Waals surface area contributed by atoms with Crippen LogP contribution in [0.3, 0.4) is 0 Å². The highest BCUT2D eigenvalue weighted by Crippen LogP contribution is 2.28. The molecule has 0 saturated carbocycles. The van der Waals surface area contributed by atoms with Crippen molar-refractivity contribution in [1.82, 2.24) is 20.2 Å². The van der Waals surface area contributed by atoms with Crippen LogP contribution in [-0.4, -0.2) is 26.7 Å². The van der Waals surface area contributed by atoms with Crippen LogP contribution in [0, 0.1) is 0 Å². The molecule has 2 heterocycles. The summed E-state index contributed by atoms with van der Waals surface area (Å²) in [6.45, 7) is 5.03. The van der Waals surface area contributed by atoms with Gasteiger partial charge in [-0.2, -0.15) is 0 Å². The number of aromatic nitrogens is 4.